The van der Waals surface area contributed by atoms with Crippen LogP contribution in [0, 0.1) is 5.82 Å². The topological polar surface area (TPSA) is 69.1 Å². The molecule has 3 heterocycles. The van der Waals surface area contributed by atoms with E-state index in [2.05, 4.69) is 28.9 Å². The van der Waals surface area contributed by atoms with Gasteiger partial charge in [-0.05, 0) is 12.0 Å². The molecule has 3 rings (SSSR count). The first-order valence-electron chi connectivity index (χ1n) is 6.31. The van der Waals surface area contributed by atoms with Gasteiger partial charge in [-0.15, -0.1) is 0 Å². The lowest BCUT2D eigenvalue weighted by Gasteiger charge is -2.07. The van der Waals surface area contributed by atoms with E-state index in [0.717, 1.165) is 11.8 Å². The average Bonchev–Trinajstić information content (AvgIpc) is 2.83. The Hall–Kier alpha value is -2.50. The minimum absolute atomic E-state index is 0.278. The van der Waals surface area contributed by atoms with Gasteiger partial charge in [0.25, 0.3) is 0 Å². The van der Waals surface area contributed by atoms with E-state index in [9.17, 15) is 4.39 Å². The van der Waals surface area contributed by atoms with Gasteiger partial charge in [-0.25, -0.2) is 9.37 Å². The molecule has 0 saturated heterocycles. The maximum absolute atomic E-state index is 13.3. The van der Waals surface area contributed by atoms with Crippen molar-refractivity contribution in [3.63, 3.8) is 0 Å². The molecular weight excluding hydrogens is 257 g/mol. The zero-order chi connectivity index (χ0) is 14.3. The third-order valence-electron chi connectivity index (χ3n) is 3.15. The van der Waals surface area contributed by atoms with Crippen LogP contribution in [0.5, 0.6) is 0 Å². The SMILES string of the molecule is CC(C)c1cnn2c(N)cc(-c3cncc(F)c3)nc12. The van der Waals surface area contributed by atoms with Crippen LogP contribution < -0.4 is 5.73 Å². The summed E-state index contributed by atoms with van der Waals surface area (Å²) in [5.74, 6) is 0.335. The first-order valence-corrected chi connectivity index (χ1v) is 6.31. The second kappa shape index (κ2) is 4.56. The number of anilines is 1. The molecule has 5 nitrogen and oxygen atoms in total. The van der Waals surface area contributed by atoms with Crippen LogP contribution in [0.25, 0.3) is 16.9 Å². The summed E-state index contributed by atoms with van der Waals surface area (Å²) in [6.45, 7) is 4.12. The smallest absolute Gasteiger partial charge is 0.161 e. The summed E-state index contributed by atoms with van der Waals surface area (Å²) in [5.41, 5.74) is 8.87. The van der Waals surface area contributed by atoms with Gasteiger partial charge >= 0.3 is 0 Å². The molecule has 3 aromatic rings. The fourth-order valence-corrected chi connectivity index (χ4v) is 2.11. The molecule has 3 aromatic heterocycles. The van der Waals surface area contributed by atoms with E-state index < -0.39 is 5.82 Å². The van der Waals surface area contributed by atoms with E-state index in [4.69, 9.17) is 5.73 Å². The van der Waals surface area contributed by atoms with Crippen molar-refractivity contribution in [3.8, 4) is 11.3 Å². The number of aromatic nitrogens is 4. The third kappa shape index (κ3) is 1.99. The van der Waals surface area contributed by atoms with Gasteiger partial charge in [0.15, 0.2) is 5.65 Å². The zero-order valence-electron chi connectivity index (χ0n) is 11.2. The fourth-order valence-electron chi connectivity index (χ4n) is 2.11. The molecule has 6 heteroatoms. The summed E-state index contributed by atoms with van der Waals surface area (Å²) in [6.07, 6.45) is 4.48. The van der Waals surface area contributed by atoms with E-state index in [1.807, 2.05) is 0 Å². The first-order chi connectivity index (χ1) is 9.56. The maximum Gasteiger partial charge on any atom is 0.161 e. The van der Waals surface area contributed by atoms with Crippen molar-refractivity contribution in [3.05, 3.63) is 42.1 Å². The molecule has 0 spiro atoms. The molecular formula is C14H14FN5. The molecule has 0 unspecified atom stereocenters. The molecule has 0 aromatic carbocycles. The minimum atomic E-state index is -0.402. The third-order valence-corrected chi connectivity index (χ3v) is 3.15. The number of halogens is 1. The molecule has 0 aliphatic carbocycles. The van der Waals surface area contributed by atoms with Gasteiger partial charge in [0.1, 0.15) is 11.6 Å². The Kier molecular flexibility index (Phi) is 2.85. The summed E-state index contributed by atoms with van der Waals surface area (Å²) < 4.78 is 14.9. The molecule has 0 fully saturated rings. The predicted octanol–water partition coefficient (Wildman–Crippen LogP) is 2.64. The van der Waals surface area contributed by atoms with Crippen LogP contribution in [0.2, 0.25) is 0 Å². The van der Waals surface area contributed by atoms with Gasteiger partial charge in [0.05, 0.1) is 18.1 Å². The summed E-state index contributed by atoms with van der Waals surface area (Å²) in [6, 6.07) is 3.05. The number of rotatable bonds is 2. The van der Waals surface area contributed by atoms with Crippen LogP contribution in [-0.2, 0) is 0 Å². The molecule has 0 aliphatic heterocycles. The van der Waals surface area contributed by atoms with Gasteiger partial charge in [-0.3, -0.25) is 4.98 Å². The Morgan fingerprint density at radius 1 is 1.20 bits per heavy atom. The number of hydrogen-bond donors (Lipinski definition) is 1. The normalized spacial score (nSPS) is 11.4. The second-order valence-corrected chi connectivity index (χ2v) is 4.95. The lowest BCUT2D eigenvalue weighted by molar-refractivity contribution is 0.622. The van der Waals surface area contributed by atoms with E-state index in [1.54, 1.807) is 23.0 Å². The Labute approximate surface area is 115 Å². The fraction of sp³-hybridized carbons (Fsp3) is 0.214. The van der Waals surface area contributed by atoms with Crippen LogP contribution in [0.1, 0.15) is 25.3 Å². The number of nitrogen functional groups attached to an aromatic ring is 1. The summed E-state index contributed by atoms with van der Waals surface area (Å²) in [5, 5.41) is 4.23. The van der Waals surface area contributed by atoms with Crippen LogP contribution >= 0.6 is 0 Å². The van der Waals surface area contributed by atoms with E-state index in [1.165, 1.54) is 6.07 Å². The van der Waals surface area contributed by atoms with Gasteiger partial charge < -0.3 is 5.73 Å². The van der Waals surface area contributed by atoms with Crippen molar-refractivity contribution in [2.24, 2.45) is 0 Å². The molecule has 0 atom stereocenters. The molecule has 0 radical (unpaired) electrons. The molecule has 2 N–H and O–H groups in total. The monoisotopic (exact) mass is 271 g/mol. The molecule has 0 saturated carbocycles. The van der Waals surface area contributed by atoms with Crippen molar-refractivity contribution in [2.75, 3.05) is 5.73 Å². The van der Waals surface area contributed by atoms with E-state index in [0.29, 0.717) is 22.7 Å². The number of nitrogens with zero attached hydrogens (tertiary/aromatic N) is 4. The number of fused-ring (bicyclic) bond motifs is 1. The van der Waals surface area contributed by atoms with E-state index in [-0.39, 0.29) is 5.92 Å². The van der Waals surface area contributed by atoms with Crippen molar-refractivity contribution < 1.29 is 4.39 Å². The molecule has 20 heavy (non-hydrogen) atoms. The van der Waals surface area contributed by atoms with Gasteiger partial charge in [-0.2, -0.15) is 9.61 Å². The summed E-state index contributed by atoms with van der Waals surface area (Å²) in [7, 11) is 0. The van der Waals surface area contributed by atoms with Crippen molar-refractivity contribution in [2.45, 2.75) is 19.8 Å². The highest BCUT2D eigenvalue weighted by Gasteiger charge is 2.13. The molecule has 102 valence electrons. The highest BCUT2D eigenvalue weighted by atomic mass is 19.1. The van der Waals surface area contributed by atoms with Gasteiger partial charge in [0.2, 0.25) is 0 Å². The number of nitrogens with two attached hydrogens (primary N) is 1. The summed E-state index contributed by atoms with van der Waals surface area (Å²) in [4.78, 5) is 8.38. The standard InChI is InChI=1S/C14H14FN5/c1-8(2)11-7-18-20-13(16)4-12(19-14(11)20)9-3-10(15)6-17-5-9/h3-8H,16H2,1-2H3. The lowest BCUT2D eigenvalue weighted by atomic mass is 10.1. The average molecular weight is 271 g/mol. The van der Waals surface area contributed by atoms with Crippen molar-refractivity contribution >= 4 is 11.5 Å². The lowest BCUT2D eigenvalue weighted by Crippen LogP contribution is -2.02. The highest BCUT2D eigenvalue weighted by molar-refractivity contribution is 5.66. The van der Waals surface area contributed by atoms with Crippen LogP contribution in [0.3, 0.4) is 0 Å². The molecule has 0 amide bonds. The number of hydrogen-bond acceptors (Lipinski definition) is 4. The maximum atomic E-state index is 13.3. The minimum Gasteiger partial charge on any atom is -0.384 e. The van der Waals surface area contributed by atoms with Gasteiger partial charge in [-0.1, -0.05) is 13.8 Å². The summed E-state index contributed by atoms with van der Waals surface area (Å²) >= 11 is 0. The zero-order valence-corrected chi connectivity index (χ0v) is 11.2. The number of pyridine rings is 1. The first kappa shape index (κ1) is 12.5. The molecule has 0 aliphatic rings. The van der Waals surface area contributed by atoms with Crippen LogP contribution in [0.15, 0.2) is 30.7 Å². The molecule has 0 bridgehead atoms. The van der Waals surface area contributed by atoms with E-state index >= 15 is 0 Å². The largest absolute Gasteiger partial charge is 0.384 e. The highest BCUT2D eigenvalue weighted by Crippen LogP contribution is 2.25. The second-order valence-electron chi connectivity index (χ2n) is 4.95. The Bertz CT molecular complexity index is 778. The van der Waals surface area contributed by atoms with Crippen molar-refractivity contribution in [1.29, 1.82) is 0 Å². The Morgan fingerprint density at radius 2 is 2.00 bits per heavy atom. The predicted molar refractivity (Wildman–Crippen MR) is 74.7 cm³/mol. The Morgan fingerprint density at radius 3 is 2.70 bits per heavy atom. The van der Waals surface area contributed by atoms with Crippen LogP contribution in [0.4, 0.5) is 10.2 Å². The van der Waals surface area contributed by atoms with Crippen molar-refractivity contribution in [1.82, 2.24) is 19.6 Å². The van der Waals surface area contributed by atoms with Gasteiger partial charge in [0, 0.05) is 23.4 Å². The van der Waals surface area contributed by atoms with Crippen LogP contribution in [-0.4, -0.2) is 19.6 Å². The Balaban J connectivity index is 2.25. The quantitative estimate of drug-likeness (QED) is 0.778.